The normalized spacial score (nSPS) is 28.7. The molecule has 0 radical (unpaired) electrons. The van der Waals surface area contributed by atoms with Gasteiger partial charge >= 0.3 is 0 Å². The Labute approximate surface area is 155 Å². The Kier molecular flexibility index (Phi) is 7.13. The van der Waals surface area contributed by atoms with Crippen molar-refractivity contribution in [3.8, 4) is 0 Å². The Balaban J connectivity index is 1.51. The quantitative estimate of drug-likeness (QED) is 0.623. The summed E-state index contributed by atoms with van der Waals surface area (Å²) in [4.78, 5) is 8.38. The second kappa shape index (κ2) is 9.55. The summed E-state index contributed by atoms with van der Waals surface area (Å²) in [6, 6.07) is 4.95. The molecule has 1 aromatic heterocycles. The predicted octanol–water partition coefficient (Wildman–Crippen LogP) is 2.87. The first-order valence-corrected chi connectivity index (χ1v) is 10.5. The molecule has 2 N–H and O–H groups in total. The summed E-state index contributed by atoms with van der Waals surface area (Å²) >= 11 is 1.87. The van der Waals surface area contributed by atoms with Gasteiger partial charge in [0.1, 0.15) is 0 Å². The third-order valence-corrected chi connectivity index (χ3v) is 6.31. The van der Waals surface area contributed by atoms with E-state index in [4.69, 9.17) is 4.74 Å². The summed E-state index contributed by atoms with van der Waals surface area (Å²) in [5, 5.41) is 9.18. The van der Waals surface area contributed by atoms with Gasteiger partial charge in [0.15, 0.2) is 5.96 Å². The molecule has 140 valence electrons. The maximum absolute atomic E-state index is 5.80. The van der Waals surface area contributed by atoms with Crippen molar-refractivity contribution < 1.29 is 4.74 Å². The number of likely N-dealkylation sites (tertiary alicyclic amines) is 1. The van der Waals surface area contributed by atoms with Crippen molar-refractivity contribution in [2.24, 2.45) is 10.9 Å². The van der Waals surface area contributed by atoms with Crippen LogP contribution in [0.4, 0.5) is 0 Å². The minimum atomic E-state index is 0.326. The minimum Gasteiger partial charge on any atom is -0.376 e. The topological polar surface area (TPSA) is 48.9 Å². The van der Waals surface area contributed by atoms with Gasteiger partial charge in [-0.15, -0.1) is 11.3 Å². The molecule has 3 unspecified atom stereocenters. The van der Waals surface area contributed by atoms with Gasteiger partial charge < -0.3 is 15.4 Å². The molecule has 0 spiro atoms. The van der Waals surface area contributed by atoms with E-state index in [-0.39, 0.29) is 0 Å². The summed E-state index contributed by atoms with van der Waals surface area (Å²) in [6.45, 7) is 3.89. The van der Waals surface area contributed by atoms with Gasteiger partial charge in [-0.3, -0.25) is 9.89 Å². The number of thiophene rings is 1. The first-order chi connectivity index (χ1) is 12.3. The molecule has 0 aliphatic carbocycles. The molecule has 0 amide bonds. The number of nitrogens with zero attached hydrogens (tertiary/aromatic N) is 2. The average molecular weight is 365 g/mol. The number of rotatable bonds is 5. The lowest BCUT2D eigenvalue weighted by atomic mass is 9.88. The molecule has 2 aliphatic rings. The molecule has 25 heavy (non-hydrogen) atoms. The van der Waals surface area contributed by atoms with Crippen LogP contribution in [0.25, 0.3) is 0 Å². The summed E-state index contributed by atoms with van der Waals surface area (Å²) in [7, 11) is 4.10. The van der Waals surface area contributed by atoms with Crippen LogP contribution in [0.2, 0.25) is 0 Å². The molecule has 0 aromatic carbocycles. The van der Waals surface area contributed by atoms with Crippen molar-refractivity contribution in [2.45, 2.75) is 44.2 Å². The first-order valence-electron chi connectivity index (χ1n) is 9.57. The Morgan fingerprint density at radius 2 is 2.16 bits per heavy atom. The summed E-state index contributed by atoms with van der Waals surface area (Å²) in [6.07, 6.45) is 6.48. The standard InChI is InChI=1S/C19H32N4OS/c1-20-19(22-14-16-8-3-4-11-24-16)21-13-15-7-5-10-23(2)18(15)17-9-6-12-25-17/h6,9,12,15-16,18H,3-5,7-8,10-11,13-14H2,1-2H3,(H2,20,21,22). The van der Waals surface area contributed by atoms with Crippen LogP contribution in [0.1, 0.15) is 43.0 Å². The van der Waals surface area contributed by atoms with Gasteiger partial charge in [0.2, 0.25) is 0 Å². The number of nitrogens with one attached hydrogen (secondary N) is 2. The van der Waals surface area contributed by atoms with E-state index in [0.717, 1.165) is 32.1 Å². The van der Waals surface area contributed by atoms with Crippen molar-refractivity contribution >= 4 is 17.3 Å². The smallest absolute Gasteiger partial charge is 0.191 e. The van der Waals surface area contributed by atoms with Crippen molar-refractivity contribution in [2.75, 3.05) is 40.3 Å². The molecular formula is C19H32N4OS. The van der Waals surface area contributed by atoms with Gasteiger partial charge in [-0.2, -0.15) is 0 Å². The largest absolute Gasteiger partial charge is 0.376 e. The van der Waals surface area contributed by atoms with Gasteiger partial charge in [0.25, 0.3) is 0 Å². The molecule has 2 aliphatic heterocycles. The third-order valence-electron chi connectivity index (χ3n) is 5.37. The van der Waals surface area contributed by atoms with Crippen molar-refractivity contribution in [3.05, 3.63) is 22.4 Å². The first kappa shape index (κ1) is 18.7. The number of hydrogen-bond donors (Lipinski definition) is 2. The van der Waals surface area contributed by atoms with Crippen LogP contribution in [-0.2, 0) is 4.74 Å². The van der Waals surface area contributed by atoms with Crippen molar-refractivity contribution in [1.82, 2.24) is 15.5 Å². The number of hydrogen-bond acceptors (Lipinski definition) is 4. The summed E-state index contributed by atoms with van der Waals surface area (Å²) < 4.78 is 5.80. The lowest BCUT2D eigenvalue weighted by molar-refractivity contribution is 0.0194. The van der Waals surface area contributed by atoms with Gasteiger partial charge in [-0.05, 0) is 63.1 Å². The molecule has 1 aromatic rings. The SMILES string of the molecule is CN=C(NCC1CCCCO1)NCC1CCCN(C)C1c1cccs1. The van der Waals surface area contributed by atoms with Crippen LogP contribution in [-0.4, -0.2) is 57.3 Å². The van der Waals surface area contributed by atoms with E-state index in [1.807, 2.05) is 18.4 Å². The monoisotopic (exact) mass is 364 g/mol. The van der Waals surface area contributed by atoms with E-state index in [0.29, 0.717) is 18.1 Å². The van der Waals surface area contributed by atoms with E-state index in [1.54, 1.807) is 0 Å². The molecule has 0 bridgehead atoms. The van der Waals surface area contributed by atoms with Gasteiger partial charge in [0, 0.05) is 37.7 Å². The molecule has 2 fully saturated rings. The molecule has 3 atom stereocenters. The Morgan fingerprint density at radius 1 is 1.28 bits per heavy atom. The molecule has 5 nitrogen and oxygen atoms in total. The van der Waals surface area contributed by atoms with E-state index in [2.05, 4.69) is 45.1 Å². The molecule has 3 rings (SSSR count). The van der Waals surface area contributed by atoms with Gasteiger partial charge in [-0.1, -0.05) is 6.07 Å². The van der Waals surface area contributed by atoms with Crippen LogP contribution in [0.5, 0.6) is 0 Å². The second-order valence-electron chi connectivity index (χ2n) is 7.17. The Bertz CT molecular complexity index is 528. The van der Waals surface area contributed by atoms with Crippen LogP contribution >= 0.6 is 11.3 Å². The molecule has 2 saturated heterocycles. The fourth-order valence-corrected chi connectivity index (χ4v) is 4.99. The Morgan fingerprint density at radius 3 is 2.88 bits per heavy atom. The summed E-state index contributed by atoms with van der Waals surface area (Å²) in [5.74, 6) is 1.51. The molecule has 0 saturated carbocycles. The predicted molar refractivity (Wildman–Crippen MR) is 105 cm³/mol. The lowest BCUT2D eigenvalue weighted by Gasteiger charge is -2.39. The highest BCUT2D eigenvalue weighted by Crippen LogP contribution is 2.36. The Hall–Kier alpha value is -1.11. The van der Waals surface area contributed by atoms with Crippen LogP contribution in [0.15, 0.2) is 22.5 Å². The highest BCUT2D eigenvalue weighted by molar-refractivity contribution is 7.10. The maximum Gasteiger partial charge on any atom is 0.191 e. The molecule has 3 heterocycles. The van der Waals surface area contributed by atoms with Crippen LogP contribution in [0, 0.1) is 5.92 Å². The second-order valence-corrected chi connectivity index (χ2v) is 8.15. The number of guanidine groups is 1. The fourth-order valence-electron chi connectivity index (χ4n) is 4.01. The fraction of sp³-hybridized carbons (Fsp3) is 0.737. The zero-order valence-electron chi connectivity index (χ0n) is 15.5. The highest BCUT2D eigenvalue weighted by atomic mass is 32.1. The van der Waals surface area contributed by atoms with E-state index in [9.17, 15) is 0 Å². The maximum atomic E-state index is 5.80. The lowest BCUT2D eigenvalue weighted by Crippen LogP contribution is -2.46. The zero-order valence-corrected chi connectivity index (χ0v) is 16.4. The van der Waals surface area contributed by atoms with E-state index < -0.39 is 0 Å². The number of aliphatic imine (C=N–C) groups is 1. The molecular weight excluding hydrogens is 332 g/mol. The van der Waals surface area contributed by atoms with E-state index >= 15 is 0 Å². The zero-order chi connectivity index (χ0) is 17.5. The highest BCUT2D eigenvalue weighted by Gasteiger charge is 2.31. The van der Waals surface area contributed by atoms with Gasteiger partial charge in [-0.25, -0.2) is 0 Å². The van der Waals surface area contributed by atoms with E-state index in [1.165, 1.54) is 37.1 Å². The number of ether oxygens (including phenoxy) is 1. The minimum absolute atomic E-state index is 0.326. The van der Waals surface area contributed by atoms with Crippen LogP contribution < -0.4 is 10.6 Å². The van der Waals surface area contributed by atoms with Gasteiger partial charge in [0.05, 0.1) is 6.10 Å². The van der Waals surface area contributed by atoms with Crippen molar-refractivity contribution in [3.63, 3.8) is 0 Å². The third kappa shape index (κ3) is 5.19. The van der Waals surface area contributed by atoms with Crippen LogP contribution in [0.3, 0.4) is 0 Å². The average Bonchev–Trinajstić information content (AvgIpc) is 3.17. The number of piperidine rings is 1. The molecule has 6 heteroatoms. The van der Waals surface area contributed by atoms with Crippen molar-refractivity contribution in [1.29, 1.82) is 0 Å². The summed E-state index contributed by atoms with van der Waals surface area (Å²) in [5.41, 5.74) is 0.